The highest BCUT2D eigenvalue weighted by molar-refractivity contribution is 8.00. The maximum absolute atomic E-state index is 12.4. The van der Waals surface area contributed by atoms with Crippen molar-refractivity contribution in [2.75, 3.05) is 32.1 Å². The highest BCUT2D eigenvalue weighted by Gasteiger charge is 2.33. The highest BCUT2D eigenvalue weighted by Crippen LogP contribution is 2.38. The van der Waals surface area contributed by atoms with Gasteiger partial charge in [0.25, 0.3) is 0 Å². The van der Waals surface area contributed by atoms with Crippen molar-refractivity contribution in [2.45, 2.75) is 17.7 Å². The number of imidazole rings is 1. The molecule has 0 radical (unpaired) electrons. The number of nitrogens with zero attached hydrogens (tertiary/aromatic N) is 3. The first-order valence-corrected chi connectivity index (χ1v) is 12.1. The fraction of sp³-hybridized carbons (Fsp3) is 0.364. The molecule has 1 N–H and O–H groups in total. The Labute approximate surface area is 185 Å². The van der Waals surface area contributed by atoms with Crippen molar-refractivity contribution in [3.05, 3.63) is 65.9 Å². The van der Waals surface area contributed by atoms with Gasteiger partial charge in [-0.05, 0) is 26.2 Å². The van der Waals surface area contributed by atoms with Gasteiger partial charge in [0.05, 0.1) is 29.9 Å². The van der Waals surface area contributed by atoms with Crippen molar-refractivity contribution in [2.24, 2.45) is 0 Å². The molecule has 1 aromatic carbocycles. The SMILES string of the molecule is CN(C)Cc1ccc(CSCCN2C(=O)CSC2c2cnc(-c3ccccc3)[nH]2)o1. The van der Waals surface area contributed by atoms with Crippen LogP contribution in [-0.4, -0.2) is 57.8 Å². The minimum atomic E-state index is -0.00151. The summed E-state index contributed by atoms with van der Waals surface area (Å²) < 4.78 is 5.86. The number of hydrogen-bond donors (Lipinski definition) is 1. The van der Waals surface area contributed by atoms with Gasteiger partial charge in [-0.15, -0.1) is 11.8 Å². The van der Waals surface area contributed by atoms with Crippen LogP contribution in [0.5, 0.6) is 0 Å². The number of aromatic nitrogens is 2. The molecule has 1 aliphatic heterocycles. The van der Waals surface area contributed by atoms with Gasteiger partial charge in [0.1, 0.15) is 22.7 Å². The summed E-state index contributed by atoms with van der Waals surface area (Å²) in [6, 6.07) is 14.1. The first-order chi connectivity index (χ1) is 14.6. The second-order valence-electron chi connectivity index (χ2n) is 7.46. The third-order valence-corrected chi connectivity index (χ3v) is 6.98. The highest BCUT2D eigenvalue weighted by atomic mass is 32.2. The van der Waals surface area contributed by atoms with Gasteiger partial charge in [-0.25, -0.2) is 4.98 Å². The zero-order valence-electron chi connectivity index (χ0n) is 17.2. The van der Waals surface area contributed by atoms with Crippen LogP contribution in [0.1, 0.15) is 22.6 Å². The minimum absolute atomic E-state index is 0.00151. The Morgan fingerprint density at radius 2 is 2.03 bits per heavy atom. The van der Waals surface area contributed by atoms with E-state index in [1.807, 2.05) is 67.7 Å². The zero-order valence-corrected chi connectivity index (χ0v) is 18.8. The number of carbonyl (C=O) groups excluding carboxylic acids is 1. The van der Waals surface area contributed by atoms with Gasteiger partial charge in [0, 0.05) is 17.9 Å². The number of hydrogen-bond acceptors (Lipinski definition) is 6. The van der Waals surface area contributed by atoms with Gasteiger partial charge in [-0.2, -0.15) is 11.8 Å². The quantitative estimate of drug-likeness (QED) is 0.500. The maximum Gasteiger partial charge on any atom is 0.233 e. The summed E-state index contributed by atoms with van der Waals surface area (Å²) in [5, 5.41) is -0.00151. The standard InChI is InChI=1S/C22H26N4O2S2/c1-25(2)13-17-8-9-18(28-17)14-29-11-10-26-20(27)15-30-22(26)19-12-23-21(24-19)16-6-4-3-5-7-16/h3-9,12,22H,10-11,13-15H2,1-2H3,(H,23,24). The van der Waals surface area contributed by atoms with Crippen molar-refractivity contribution in [1.29, 1.82) is 0 Å². The van der Waals surface area contributed by atoms with Crippen LogP contribution in [0.3, 0.4) is 0 Å². The average Bonchev–Trinajstić information content (AvgIpc) is 3.46. The van der Waals surface area contributed by atoms with E-state index in [1.165, 1.54) is 0 Å². The molecule has 8 heteroatoms. The van der Waals surface area contributed by atoms with Crippen LogP contribution >= 0.6 is 23.5 Å². The number of H-pyrrole nitrogens is 1. The molecule has 0 aliphatic carbocycles. The molecule has 1 fully saturated rings. The number of benzene rings is 1. The van der Waals surface area contributed by atoms with Gasteiger partial charge in [0.15, 0.2) is 0 Å². The van der Waals surface area contributed by atoms with E-state index in [4.69, 9.17) is 4.42 Å². The second kappa shape index (κ2) is 9.76. The van der Waals surface area contributed by atoms with E-state index in [0.717, 1.165) is 46.7 Å². The van der Waals surface area contributed by atoms with Crippen LogP contribution in [0, 0.1) is 0 Å². The maximum atomic E-state index is 12.4. The van der Waals surface area contributed by atoms with E-state index in [0.29, 0.717) is 12.3 Å². The van der Waals surface area contributed by atoms with Crippen molar-refractivity contribution in [3.8, 4) is 11.4 Å². The number of thioether (sulfide) groups is 2. The monoisotopic (exact) mass is 442 g/mol. The summed E-state index contributed by atoms with van der Waals surface area (Å²) in [6.07, 6.45) is 1.86. The smallest absolute Gasteiger partial charge is 0.233 e. The van der Waals surface area contributed by atoms with Crippen molar-refractivity contribution < 1.29 is 9.21 Å². The largest absolute Gasteiger partial charge is 0.464 e. The Kier molecular flexibility index (Phi) is 6.86. The molecule has 3 aromatic rings. The Morgan fingerprint density at radius 3 is 2.83 bits per heavy atom. The van der Waals surface area contributed by atoms with Crippen LogP contribution in [0.15, 0.2) is 53.1 Å². The fourth-order valence-electron chi connectivity index (χ4n) is 3.39. The molecule has 6 nitrogen and oxygen atoms in total. The lowest BCUT2D eigenvalue weighted by molar-refractivity contribution is -0.127. The molecular weight excluding hydrogens is 416 g/mol. The molecule has 2 aromatic heterocycles. The lowest BCUT2D eigenvalue weighted by Crippen LogP contribution is -2.30. The molecule has 30 heavy (non-hydrogen) atoms. The molecular formula is C22H26N4O2S2. The first kappa shape index (κ1) is 21.1. The van der Waals surface area contributed by atoms with Crippen molar-refractivity contribution in [3.63, 3.8) is 0 Å². The van der Waals surface area contributed by atoms with E-state index in [1.54, 1.807) is 23.5 Å². The Bertz CT molecular complexity index is 970. The molecule has 0 spiro atoms. The summed E-state index contributed by atoms with van der Waals surface area (Å²) in [4.78, 5) is 24.4. The van der Waals surface area contributed by atoms with E-state index >= 15 is 0 Å². The summed E-state index contributed by atoms with van der Waals surface area (Å²) in [5.41, 5.74) is 2.03. The zero-order chi connectivity index (χ0) is 20.9. The Morgan fingerprint density at radius 1 is 1.23 bits per heavy atom. The molecule has 1 saturated heterocycles. The second-order valence-corrected chi connectivity index (χ2v) is 9.64. The lowest BCUT2D eigenvalue weighted by Gasteiger charge is -2.22. The molecule has 0 saturated carbocycles. The molecule has 1 amide bonds. The van der Waals surface area contributed by atoms with E-state index < -0.39 is 0 Å². The number of nitrogens with one attached hydrogen (secondary N) is 1. The summed E-state index contributed by atoms with van der Waals surface area (Å²) in [7, 11) is 4.06. The number of furan rings is 1. The van der Waals surface area contributed by atoms with Crippen molar-refractivity contribution >= 4 is 29.4 Å². The van der Waals surface area contributed by atoms with Crippen LogP contribution in [0.4, 0.5) is 0 Å². The van der Waals surface area contributed by atoms with Crippen LogP contribution < -0.4 is 0 Å². The lowest BCUT2D eigenvalue weighted by atomic mass is 10.2. The molecule has 1 unspecified atom stereocenters. The van der Waals surface area contributed by atoms with Gasteiger partial charge in [-0.1, -0.05) is 30.3 Å². The average molecular weight is 443 g/mol. The molecule has 3 heterocycles. The molecule has 1 atom stereocenters. The number of amides is 1. The molecule has 158 valence electrons. The van der Waals surface area contributed by atoms with Gasteiger partial charge < -0.3 is 19.2 Å². The third kappa shape index (κ3) is 5.11. The molecule has 0 bridgehead atoms. The summed E-state index contributed by atoms with van der Waals surface area (Å²) in [5.74, 6) is 5.19. The number of rotatable bonds is 9. The summed E-state index contributed by atoms with van der Waals surface area (Å²) in [6.45, 7) is 1.52. The van der Waals surface area contributed by atoms with Crippen LogP contribution in [0.25, 0.3) is 11.4 Å². The Hall–Kier alpha value is -2.16. The fourth-order valence-corrected chi connectivity index (χ4v) is 5.38. The van der Waals surface area contributed by atoms with Crippen LogP contribution in [-0.2, 0) is 17.1 Å². The number of carbonyl (C=O) groups is 1. The van der Waals surface area contributed by atoms with Gasteiger partial charge in [0.2, 0.25) is 5.91 Å². The predicted octanol–water partition coefficient (Wildman–Crippen LogP) is 4.24. The van der Waals surface area contributed by atoms with E-state index in [-0.39, 0.29) is 11.3 Å². The molecule has 4 rings (SSSR count). The van der Waals surface area contributed by atoms with Gasteiger partial charge in [-0.3, -0.25) is 4.79 Å². The van der Waals surface area contributed by atoms with E-state index in [2.05, 4.69) is 14.9 Å². The normalized spacial score (nSPS) is 16.7. The Balaban J connectivity index is 1.31. The van der Waals surface area contributed by atoms with Crippen LogP contribution in [0.2, 0.25) is 0 Å². The van der Waals surface area contributed by atoms with Gasteiger partial charge >= 0.3 is 0 Å². The van der Waals surface area contributed by atoms with Crippen molar-refractivity contribution in [1.82, 2.24) is 19.8 Å². The van der Waals surface area contributed by atoms with E-state index in [9.17, 15) is 4.79 Å². The third-order valence-electron chi connectivity index (χ3n) is 4.79. The summed E-state index contributed by atoms with van der Waals surface area (Å²) >= 11 is 3.45. The molecule has 1 aliphatic rings. The number of aromatic amines is 1. The topological polar surface area (TPSA) is 65.4 Å². The predicted molar refractivity (Wildman–Crippen MR) is 123 cm³/mol. The first-order valence-electron chi connectivity index (χ1n) is 9.91. The minimum Gasteiger partial charge on any atom is -0.464 e.